The Bertz CT molecular complexity index is 831. The molecule has 0 radical (unpaired) electrons. The monoisotopic (exact) mass is 355 g/mol. The Morgan fingerprint density at radius 2 is 2.00 bits per heavy atom. The molecule has 0 unspecified atom stereocenters. The van der Waals surface area contributed by atoms with Gasteiger partial charge in [0.15, 0.2) is 5.78 Å². The maximum Gasteiger partial charge on any atom is 0.242 e. The number of amides is 2. The van der Waals surface area contributed by atoms with E-state index in [1.165, 1.54) is 22.7 Å². The third-order valence-electron chi connectivity index (χ3n) is 4.44. The zero-order valence-electron chi connectivity index (χ0n) is 14.5. The number of nitrogens with one attached hydrogen (secondary N) is 1. The first kappa shape index (κ1) is 17.7. The van der Waals surface area contributed by atoms with Crippen molar-refractivity contribution in [3.63, 3.8) is 0 Å². The molecule has 3 rings (SSSR count). The fourth-order valence-corrected chi connectivity index (χ4v) is 3.14. The van der Waals surface area contributed by atoms with Crippen LogP contribution in [0.15, 0.2) is 36.5 Å². The predicted octanol–water partition coefficient (Wildman–Crippen LogP) is 0.764. The molecule has 0 bridgehead atoms. The van der Waals surface area contributed by atoms with Gasteiger partial charge in [0.2, 0.25) is 11.8 Å². The molecule has 1 aromatic heterocycles. The minimum atomic E-state index is -0.577. The van der Waals surface area contributed by atoms with E-state index in [0.29, 0.717) is 18.5 Å². The van der Waals surface area contributed by atoms with Crippen molar-refractivity contribution in [3.8, 4) is 5.69 Å². The molecule has 8 nitrogen and oxygen atoms in total. The quantitative estimate of drug-likeness (QED) is 0.770. The average Bonchev–Trinajstić information content (AvgIpc) is 3.27. The van der Waals surface area contributed by atoms with Gasteiger partial charge in [-0.1, -0.05) is 18.2 Å². The van der Waals surface area contributed by atoms with Gasteiger partial charge in [0.05, 0.1) is 30.0 Å². The summed E-state index contributed by atoms with van der Waals surface area (Å²) in [7, 11) is 0. The summed E-state index contributed by atoms with van der Waals surface area (Å²) in [6.45, 7) is 1.72. The Hall–Kier alpha value is -3.16. The molecule has 1 aliphatic rings. The Morgan fingerprint density at radius 3 is 2.69 bits per heavy atom. The molecule has 0 spiro atoms. The van der Waals surface area contributed by atoms with Crippen LogP contribution in [0.25, 0.3) is 5.69 Å². The van der Waals surface area contributed by atoms with Gasteiger partial charge in [-0.25, -0.2) is 4.68 Å². The van der Waals surface area contributed by atoms with E-state index < -0.39 is 6.04 Å². The minimum absolute atomic E-state index is 0.113. The van der Waals surface area contributed by atoms with Gasteiger partial charge in [0.1, 0.15) is 5.82 Å². The molecule has 2 heterocycles. The molecule has 1 atom stereocenters. The van der Waals surface area contributed by atoms with E-state index in [2.05, 4.69) is 10.4 Å². The number of para-hydroxylation sites is 1. The van der Waals surface area contributed by atoms with Crippen LogP contribution in [0.2, 0.25) is 0 Å². The van der Waals surface area contributed by atoms with Crippen molar-refractivity contribution in [1.29, 1.82) is 0 Å². The van der Waals surface area contributed by atoms with Crippen LogP contribution in [-0.2, 0) is 9.59 Å². The first-order chi connectivity index (χ1) is 12.5. The normalized spacial score (nSPS) is 16.5. The van der Waals surface area contributed by atoms with Crippen molar-refractivity contribution in [2.24, 2.45) is 0 Å². The summed E-state index contributed by atoms with van der Waals surface area (Å²) in [5.74, 6) is -0.528. The lowest BCUT2D eigenvalue weighted by molar-refractivity contribution is -0.132. The number of rotatable bonds is 5. The molecule has 2 amide bonds. The highest BCUT2D eigenvalue weighted by Crippen LogP contribution is 2.25. The van der Waals surface area contributed by atoms with Gasteiger partial charge in [0, 0.05) is 13.5 Å². The van der Waals surface area contributed by atoms with E-state index in [9.17, 15) is 14.4 Å². The van der Waals surface area contributed by atoms with E-state index in [-0.39, 0.29) is 30.0 Å². The fraction of sp³-hybridized carbons (Fsp3) is 0.333. The van der Waals surface area contributed by atoms with E-state index >= 15 is 0 Å². The highest BCUT2D eigenvalue weighted by molar-refractivity contribution is 6.05. The highest BCUT2D eigenvalue weighted by atomic mass is 16.2. The van der Waals surface area contributed by atoms with Gasteiger partial charge in [-0.05, 0) is 25.0 Å². The molecule has 1 aliphatic heterocycles. The number of hydrogen-bond donors (Lipinski definition) is 2. The molecule has 0 aliphatic carbocycles. The van der Waals surface area contributed by atoms with Crippen molar-refractivity contribution < 1.29 is 14.4 Å². The van der Waals surface area contributed by atoms with Gasteiger partial charge in [-0.15, -0.1) is 0 Å². The maximum absolute atomic E-state index is 13.0. The number of anilines is 1. The van der Waals surface area contributed by atoms with Gasteiger partial charge < -0.3 is 16.0 Å². The van der Waals surface area contributed by atoms with E-state index in [1.807, 2.05) is 30.3 Å². The molecule has 136 valence electrons. The maximum atomic E-state index is 13.0. The lowest BCUT2D eigenvalue weighted by Gasteiger charge is -2.23. The molecule has 1 aromatic carbocycles. The summed E-state index contributed by atoms with van der Waals surface area (Å²) in [5, 5.41) is 6.69. The molecule has 1 fully saturated rings. The standard InChI is InChI=1S/C18H21N5O3/c1-12(24)20-11-16(25)22-9-5-8-15(22)17(26)14-10-21-23(18(14)19)13-6-3-2-4-7-13/h2-4,6-7,10,15H,5,8-9,11,19H2,1H3,(H,20,24)/t15-/m0/s1. The second-order valence-electron chi connectivity index (χ2n) is 6.21. The van der Waals surface area contributed by atoms with Gasteiger partial charge in [-0.3, -0.25) is 14.4 Å². The lowest BCUT2D eigenvalue weighted by Crippen LogP contribution is -2.45. The molecule has 1 saturated heterocycles. The van der Waals surface area contributed by atoms with Crippen LogP contribution in [0, 0.1) is 0 Å². The topological polar surface area (TPSA) is 110 Å². The zero-order chi connectivity index (χ0) is 18.7. The van der Waals surface area contributed by atoms with Crippen molar-refractivity contribution >= 4 is 23.4 Å². The molecule has 3 N–H and O–H groups in total. The summed E-state index contributed by atoms with van der Waals surface area (Å²) >= 11 is 0. The number of carbonyl (C=O) groups is 3. The van der Waals surface area contributed by atoms with Crippen LogP contribution in [-0.4, -0.2) is 51.4 Å². The second kappa shape index (κ2) is 7.38. The summed E-state index contributed by atoms with van der Waals surface area (Å²) in [4.78, 5) is 37.8. The Morgan fingerprint density at radius 1 is 1.27 bits per heavy atom. The summed E-state index contributed by atoms with van der Waals surface area (Å²) < 4.78 is 1.51. The van der Waals surface area contributed by atoms with Crippen LogP contribution in [0.5, 0.6) is 0 Å². The Balaban J connectivity index is 1.79. The Kier molecular flexibility index (Phi) is 5.01. The smallest absolute Gasteiger partial charge is 0.242 e. The van der Waals surface area contributed by atoms with E-state index in [1.54, 1.807) is 0 Å². The summed E-state index contributed by atoms with van der Waals surface area (Å²) in [6.07, 6.45) is 2.75. The number of nitrogen functional groups attached to an aromatic ring is 1. The van der Waals surface area contributed by atoms with Crippen LogP contribution < -0.4 is 11.1 Å². The predicted molar refractivity (Wildman–Crippen MR) is 95.7 cm³/mol. The number of hydrogen-bond acceptors (Lipinski definition) is 5. The molecular formula is C18H21N5O3. The third kappa shape index (κ3) is 3.44. The number of carbonyl (C=O) groups excluding carboxylic acids is 3. The number of benzene rings is 1. The van der Waals surface area contributed by atoms with Crippen LogP contribution >= 0.6 is 0 Å². The average molecular weight is 355 g/mol. The largest absolute Gasteiger partial charge is 0.383 e. The highest BCUT2D eigenvalue weighted by Gasteiger charge is 2.36. The third-order valence-corrected chi connectivity index (χ3v) is 4.44. The molecule has 0 saturated carbocycles. The second-order valence-corrected chi connectivity index (χ2v) is 6.21. The van der Waals surface area contributed by atoms with Crippen molar-refractivity contribution in [3.05, 3.63) is 42.1 Å². The molecule has 8 heteroatoms. The zero-order valence-corrected chi connectivity index (χ0v) is 14.5. The minimum Gasteiger partial charge on any atom is -0.383 e. The lowest BCUT2D eigenvalue weighted by atomic mass is 10.0. The van der Waals surface area contributed by atoms with Crippen molar-refractivity contribution in [2.75, 3.05) is 18.8 Å². The first-order valence-corrected chi connectivity index (χ1v) is 8.46. The van der Waals surface area contributed by atoms with Crippen LogP contribution in [0.1, 0.15) is 30.1 Å². The van der Waals surface area contributed by atoms with Crippen LogP contribution in [0.3, 0.4) is 0 Å². The van der Waals surface area contributed by atoms with Crippen molar-refractivity contribution in [2.45, 2.75) is 25.8 Å². The van der Waals surface area contributed by atoms with Gasteiger partial charge >= 0.3 is 0 Å². The van der Waals surface area contributed by atoms with Crippen LogP contribution in [0.4, 0.5) is 5.82 Å². The molecular weight excluding hydrogens is 334 g/mol. The number of likely N-dealkylation sites (tertiary alicyclic amines) is 1. The fourth-order valence-electron chi connectivity index (χ4n) is 3.14. The summed E-state index contributed by atoms with van der Waals surface area (Å²) in [6, 6.07) is 8.71. The number of nitrogens with two attached hydrogens (primary N) is 1. The Labute approximate surface area is 151 Å². The number of ketones is 1. The number of Topliss-reactive ketones (excluding diaryl/α,β-unsaturated/α-hetero) is 1. The van der Waals surface area contributed by atoms with Gasteiger partial charge in [0.25, 0.3) is 0 Å². The number of aromatic nitrogens is 2. The molecule has 26 heavy (non-hydrogen) atoms. The molecule has 2 aromatic rings. The SMILES string of the molecule is CC(=O)NCC(=O)N1CCC[C@H]1C(=O)c1cnn(-c2ccccc2)c1N. The summed E-state index contributed by atoms with van der Waals surface area (Å²) in [5.41, 5.74) is 7.21. The van der Waals surface area contributed by atoms with Crippen molar-refractivity contribution in [1.82, 2.24) is 20.0 Å². The number of nitrogens with zero attached hydrogens (tertiary/aromatic N) is 3. The first-order valence-electron chi connectivity index (χ1n) is 8.46. The van der Waals surface area contributed by atoms with E-state index in [4.69, 9.17) is 5.73 Å². The van der Waals surface area contributed by atoms with E-state index in [0.717, 1.165) is 12.1 Å². The van der Waals surface area contributed by atoms with Gasteiger partial charge in [-0.2, -0.15) is 5.10 Å².